The lowest BCUT2D eigenvalue weighted by Crippen LogP contribution is -2.20. The molecule has 2 rings (SSSR count). The maximum atomic E-state index is 11.8. The van der Waals surface area contributed by atoms with Crippen molar-refractivity contribution in [2.75, 3.05) is 11.9 Å². The monoisotopic (exact) mass is 284 g/mol. The minimum Gasteiger partial charge on any atom is -0.484 e. The van der Waals surface area contributed by atoms with E-state index in [1.807, 2.05) is 62.4 Å². The molecule has 0 aliphatic heterocycles. The number of rotatable bonds is 5. The molecular weight excluding hydrogens is 264 g/mol. The average molecular weight is 284 g/mol. The molecule has 4 nitrogen and oxygen atoms in total. The summed E-state index contributed by atoms with van der Waals surface area (Å²) in [4.78, 5) is 11.8. The van der Waals surface area contributed by atoms with Crippen molar-refractivity contribution in [2.45, 2.75) is 19.9 Å². The van der Waals surface area contributed by atoms with Crippen LogP contribution in [-0.2, 0) is 4.79 Å². The number of benzene rings is 2. The van der Waals surface area contributed by atoms with E-state index in [0.29, 0.717) is 5.75 Å². The molecule has 0 unspecified atom stereocenters. The van der Waals surface area contributed by atoms with Crippen LogP contribution in [0.1, 0.15) is 24.1 Å². The van der Waals surface area contributed by atoms with Gasteiger partial charge in [-0.05, 0) is 43.7 Å². The quantitative estimate of drug-likeness (QED) is 0.887. The van der Waals surface area contributed by atoms with E-state index in [-0.39, 0.29) is 18.6 Å². The second kappa shape index (κ2) is 6.90. The predicted octanol–water partition coefficient (Wildman–Crippen LogP) is 3.03. The number of anilines is 1. The van der Waals surface area contributed by atoms with Gasteiger partial charge in [-0.3, -0.25) is 4.79 Å². The molecule has 0 saturated carbocycles. The SMILES string of the molecule is Cc1ccc(NC(=O)COc2ccc([C@@H](C)N)cc2)cc1. The van der Waals surface area contributed by atoms with Crippen molar-refractivity contribution < 1.29 is 9.53 Å². The topological polar surface area (TPSA) is 64.3 Å². The van der Waals surface area contributed by atoms with Crippen LogP contribution in [-0.4, -0.2) is 12.5 Å². The molecule has 110 valence electrons. The summed E-state index contributed by atoms with van der Waals surface area (Å²) in [6, 6.07) is 15.1. The first kappa shape index (κ1) is 15.1. The molecule has 0 radical (unpaired) electrons. The van der Waals surface area contributed by atoms with Gasteiger partial charge in [0.1, 0.15) is 5.75 Å². The van der Waals surface area contributed by atoms with Crippen LogP contribution in [0, 0.1) is 6.92 Å². The van der Waals surface area contributed by atoms with Crippen LogP contribution in [0.25, 0.3) is 0 Å². The van der Waals surface area contributed by atoms with E-state index in [0.717, 1.165) is 16.8 Å². The number of ether oxygens (including phenoxy) is 1. The van der Waals surface area contributed by atoms with Gasteiger partial charge in [0.2, 0.25) is 0 Å². The maximum Gasteiger partial charge on any atom is 0.262 e. The predicted molar refractivity (Wildman–Crippen MR) is 84.3 cm³/mol. The fourth-order valence-electron chi connectivity index (χ4n) is 1.85. The molecule has 1 atom stereocenters. The Kier molecular flexibility index (Phi) is 4.95. The molecule has 0 aliphatic rings. The third kappa shape index (κ3) is 4.61. The Hall–Kier alpha value is -2.33. The van der Waals surface area contributed by atoms with Gasteiger partial charge in [-0.25, -0.2) is 0 Å². The fourth-order valence-corrected chi connectivity index (χ4v) is 1.85. The first-order chi connectivity index (χ1) is 10.0. The van der Waals surface area contributed by atoms with Crippen LogP contribution >= 0.6 is 0 Å². The zero-order valence-corrected chi connectivity index (χ0v) is 12.3. The van der Waals surface area contributed by atoms with Gasteiger partial charge in [0.05, 0.1) is 0 Å². The van der Waals surface area contributed by atoms with Crippen LogP contribution in [0.2, 0.25) is 0 Å². The van der Waals surface area contributed by atoms with Crippen molar-refractivity contribution in [1.29, 1.82) is 0 Å². The number of carbonyl (C=O) groups is 1. The summed E-state index contributed by atoms with van der Waals surface area (Å²) in [7, 11) is 0. The summed E-state index contributed by atoms with van der Waals surface area (Å²) in [5, 5.41) is 2.79. The molecular formula is C17H20N2O2. The summed E-state index contributed by atoms with van der Waals surface area (Å²) in [6.45, 7) is 3.90. The first-order valence-corrected chi connectivity index (χ1v) is 6.89. The Bertz CT molecular complexity index is 589. The lowest BCUT2D eigenvalue weighted by molar-refractivity contribution is -0.118. The van der Waals surface area contributed by atoms with Crippen LogP contribution in [0.3, 0.4) is 0 Å². The van der Waals surface area contributed by atoms with E-state index in [4.69, 9.17) is 10.5 Å². The highest BCUT2D eigenvalue weighted by molar-refractivity contribution is 5.91. The normalized spacial score (nSPS) is 11.8. The van der Waals surface area contributed by atoms with Gasteiger partial charge in [0.25, 0.3) is 5.91 Å². The Balaban J connectivity index is 1.84. The summed E-state index contributed by atoms with van der Waals surface area (Å²) < 4.78 is 5.45. The molecule has 2 aromatic carbocycles. The van der Waals surface area contributed by atoms with E-state index in [1.165, 1.54) is 0 Å². The summed E-state index contributed by atoms with van der Waals surface area (Å²) in [6.07, 6.45) is 0. The average Bonchev–Trinajstić information content (AvgIpc) is 2.48. The van der Waals surface area contributed by atoms with Gasteiger partial charge < -0.3 is 15.8 Å². The Morgan fingerprint density at radius 1 is 1.14 bits per heavy atom. The van der Waals surface area contributed by atoms with E-state index in [9.17, 15) is 4.79 Å². The standard InChI is InChI=1S/C17H20N2O2/c1-12-3-7-15(8-4-12)19-17(20)11-21-16-9-5-14(6-10-16)13(2)18/h3-10,13H,11,18H2,1-2H3,(H,19,20)/t13-/m1/s1. The zero-order valence-electron chi connectivity index (χ0n) is 12.3. The number of nitrogens with two attached hydrogens (primary N) is 1. The van der Waals surface area contributed by atoms with Gasteiger partial charge in [0.15, 0.2) is 6.61 Å². The minimum absolute atomic E-state index is 0.0103. The molecule has 2 aromatic rings. The first-order valence-electron chi connectivity index (χ1n) is 6.89. The molecule has 0 aromatic heterocycles. The van der Waals surface area contributed by atoms with E-state index < -0.39 is 0 Å². The molecule has 0 heterocycles. The number of aryl methyl sites for hydroxylation is 1. The fraction of sp³-hybridized carbons (Fsp3) is 0.235. The van der Waals surface area contributed by atoms with Crippen molar-refractivity contribution in [2.24, 2.45) is 5.73 Å². The Labute approximate surface area is 124 Å². The summed E-state index contributed by atoms with van der Waals surface area (Å²) in [5.74, 6) is 0.466. The molecule has 21 heavy (non-hydrogen) atoms. The molecule has 1 amide bonds. The van der Waals surface area contributed by atoms with Gasteiger partial charge in [-0.2, -0.15) is 0 Å². The van der Waals surface area contributed by atoms with Crippen LogP contribution in [0.15, 0.2) is 48.5 Å². The molecule has 0 saturated heterocycles. The second-order valence-electron chi connectivity index (χ2n) is 5.06. The van der Waals surface area contributed by atoms with Gasteiger partial charge >= 0.3 is 0 Å². The third-order valence-electron chi connectivity index (χ3n) is 3.11. The lowest BCUT2D eigenvalue weighted by Gasteiger charge is -2.09. The van der Waals surface area contributed by atoms with Gasteiger partial charge in [-0.15, -0.1) is 0 Å². The molecule has 0 bridgehead atoms. The highest BCUT2D eigenvalue weighted by Crippen LogP contribution is 2.16. The molecule has 0 spiro atoms. The molecule has 3 N–H and O–H groups in total. The lowest BCUT2D eigenvalue weighted by atomic mass is 10.1. The highest BCUT2D eigenvalue weighted by Gasteiger charge is 2.04. The smallest absolute Gasteiger partial charge is 0.262 e. The van der Waals surface area contributed by atoms with Crippen LogP contribution < -0.4 is 15.8 Å². The zero-order chi connectivity index (χ0) is 15.2. The maximum absolute atomic E-state index is 11.8. The van der Waals surface area contributed by atoms with Crippen molar-refractivity contribution in [3.8, 4) is 5.75 Å². The van der Waals surface area contributed by atoms with E-state index in [2.05, 4.69) is 5.32 Å². The van der Waals surface area contributed by atoms with Crippen molar-refractivity contribution >= 4 is 11.6 Å². The molecule has 0 aliphatic carbocycles. The van der Waals surface area contributed by atoms with E-state index >= 15 is 0 Å². The van der Waals surface area contributed by atoms with E-state index in [1.54, 1.807) is 0 Å². The second-order valence-corrected chi connectivity index (χ2v) is 5.06. The molecule has 0 fully saturated rings. The number of amides is 1. The largest absolute Gasteiger partial charge is 0.484 e. The minimum atomic E-state index is -0.185. The number of carbonyl (C=O) groups excluding carboxylic acids is 1. The third-order valence-corrected chi connectivity index (χ3v) is 3.11. The number of nitrogens with one attached hydrogen (secondary N) is 1. The van der Waals surface area contributed by atoms with Gasteiger partial charge in [0, 0.05) is 11.7 Å². The van der Waals surface area contributed by atoms with Crippen molar-refractivity contribution in [1.82, 2.24) is 0 Å². The summed E-state index contributed by atoms with van der Waals surface area (Å²) in [5.41, 5.74) is 8.73. The highest BCUT2D eigenvalue weighted by atomic mass is 16.5. The van der Waals surface area contributed by atoms with Gasteiger partial charge in [-0.1, -0.05) is 29.8 Å². The van der Waals surface area contributed by atoms with Crippen LogP contribution in [0.5, 0.6) is 5.75 Å². The number of hydrogen-bond acceptors (Lipinski definition) is 3. The molecule has 4 heteroatoms. The van der Waals surface area contributed by atoms with Crippen molar-refractivity contribution in [3.05, 3.63) is 59.7 Å². The van der Waals surface area contributed by atoms with Crippen molar-refractivity contribution in [3.63, 3.8) is 0 Å². The Morgan fingerprint density at radius 2 is 1.76 bits per heavy atom. The summed E-state index contributed by atoms with van der Waals surface area (Å²) >= 11 is 0. The number of hydrogen-bond donors (Lipinski definition) is 2. The van der Waals surface area contributed by atoms with Crippen LogP contribution in [0.4, 0.5) is 5.69 Å². The Morgan fingerprint density at radius 3 is 2.33 bits per heavy atom.